The van der Waals surface area contributed by atoms with E-state index < -0.39 is 0 Å². The fourth-order valence-corrected chi connectivity index (χ4v) is 2.96. The van der Waals surface area contributed by atoms with E-state index in [2.05, 4.69) is 27.4 Å². The van der Waals surface area contributed by atoms with Gasteiger partial charge in [-0.15, -0.1) is 0 Å². The molecular weight excluding hydrogens is 264 g/mol. The van der Waals surface area contributed by atoms with Crippen molar-refractivity contribution in [1.82, 2.24) is 20.4 Å². The first-order valence-electron chi connectivity index (χ1n) is 7.71. The van der Waals surface area contributed by atoms with Crippen molar-refractivity contribution < 1.29 is 4.52 Å². The van der Waals surface area contributed by atoms with Crippen molar-refractivity contribution >= 4 is 0 Å². The summed E-state index contributed by atoms with van der Waals surface area (Å²) in [4.78, 5) is 8.69. The smallest absolute Gasteiger partial charge is 0.240 e. The van der Waals surface area contributed by atoms with Crippen molar-refractivity contribution in [3.63, 3.8) is 0 Å². The van der Waals surface area contributed by atoms with E-state index in [1.165, 1.54) is 25.7 Å². The fraction of sp³-hybridized carbons (Fsp3) is 0.562. The van der Waals surface area contributed by atoms with Crippen LogP contribution in [0, 0.1) is 12.8 Å². The average molecular weight is 286 g/mol. The van der Waals surface area contributed by atoms with Crippen LogP contribution in [0.4, 0.5) is 0 Å². The molecule has 0 saturated heterocycles. The fourth-order valence-electron chi connectivity index (χ4n) is 2.96. The van der Waals surface area contributed by atoms with Crippen LogP contribution in [0.3, 0.4) is 0 Å². The lowest BCUT2D eigenvalue weighted by atomic mass is 10.00. The lowest BCUT2D eigenvalue weighted by Crippen LogP contribution is -2.31. The van der Waals surface area contributed by atoms with Crippen molar-refractivity contribution in [2.75, 3.05) is 0 Å². The molecular formula is C16H22N4O. The van der Waals surface area contributed by atoms with Gasteiger partial charge >= 0.3 is 0 Å². The number of nitrogens with one attached hydrogen (secondary N) is 1. The van der Waals surface area contributed by atoms with E-state index in [9.17, 15) is 0 Å². The largest absolute Gasteiger partial charge is 0.337 e. The van der Waals surface area contributed by atoms with Gasteiger partial charge in [0.05, 0.1) is 6.54 Å². The van der Waals surface area contributed by atoms with Crippen LogP contribution in [0.25, 0.3) is 11.5 Å². The van der Waals surface area contributed by atoms with Crippen LogP contribution < -0.4 is 5.32 Å². The minimum atomic E-state index is 0.500. The molecule has 0 aromatic carbocycles. The Morgan fingerprint density at radius 3 is 2.95 bits per heavy atom. The summed E-state index contributed by atoms with van der Waals surface area (Å²) in [5.41, 5.74) is 1.90. The normalized spacial score (nSPS) is 17.2. The second kappa shape index (κ2) is 6.35. The highest BCUT2D eigenvalue weighted by molar-refractivity contribution is 5.48. The van der Waals surface area contributed by atoms with Gasteiger partial charge in [-0.1, -0.05) is 18.0 Å². The van der Waals surface area contributed by atoms with Crippen molar-refractivity contribution in [2.24, 2.45) is 5.92 Å². The number of hydrogen-bond acceptors (Lipinski definition) is 5. The zero-order chi connectivity index (χ0) is 14.7. The SMILES string of the molecule is Cc1ccnc(-c2noc(CN[C@@H](C)C3CCCC3)n2)c1. The van der Waals surface area contributed by atoms with Crippen molar-refractivity contribution in [3.05, 3.63) is 29.8 Å². The van der Waals surface area contributed by atoms with Crippen molar-refractivity contribution in [2.45, 2.75) is 52.1 Å². The standard InChI is InChI=1S/C16H22N4O/c1-11-7-8-17-14(9-11)16-19-15(21-20-16)10-18-12(2)13-5-3-4-6-13/h7-9,12-13,18H,3-6,10H2,1-2H3/t12-/m0/s1. The first-order valence-corrected chi connectivity index (χ1v) is 7.71. The van der Waals surface area contributed by atoms with Crippen LogP contribution in [-0.4, -0.2) is 21.2 Å². The molecule has 0 spiro atoms. The predicted molar refractivity (Wildman–Crippen MR) is 80.5 cm³/mol. The van der Waals surface area contributed by atoms with E-state index in [0.717, 1.165) is 17.2 Å². The zero-order valence-electron chi connectivity index (χ0n) is 12.7. The topological polar surface area (TPSA) is 63.8 Å². The van der Waals surface area contributed by atoms with Crippen LogP contribution in [0.15, 0.2) is 22.9 Å². The molecule has 0 bridgehead atoms. The number of pyridine rings is 1. The highest BCUT2D eigenvalue weighted by Crippen LogP contribution is 2.27. The molecule has 1 aliphatic rings. The van der Waals surface area contributed by atoms with Crippen LogP contribution >= 0.6 is 0 Å². The Hall–Kier alpha value is -1.75. The Balaban J connectivity index is 1.60. The molecule has 5 nitrogen and oxygen atoms in total. The zero-order valence-corrected chi connectivity index (χ0v) is 12.7. The molecule has 0 amide bonds. The third-order valence-electron chi connectivity index (χ3n) is 4.29. The number of nitrogens with zero attached hydrogens (tertiary/aromatic N) is 3. The van der Waals surface area contributed by atoms with Crippen LogP contribution in [0.5, 0.6) is 0 Å². The molecule has 1 atom stereocenters. The van der Waals surface area contributed by atoms with E-state index in [1.807, 2.05) is 19.1 Å². The number of hydrogen-bond donors (Lipinski definition) is 1. The maximum absolute atomic E-state index is 5.31. The molecule has 1 aliphatic carbocycles. The van der Waals surface area contributed by atoms with Gasteiger partial charge in [0, 0.05) is 12.2 Å². The maximum atomic E-state index is 5.31. The molecule has 112 valence electrons. The Bertz CT molecular complexity index is 589. The summed E-state index contributed by atoms with van der Waals surface area (Å²) in [5, 5.41) is 7.51. The molecule has 2 aromatic heterocycles. The Labute approximate surface area is 125 Å². The molecule has 2 heterocycles. The summed E-state index contributed by atoms with van der Waals surface area (Å²) in [5.74, 6) is 1.97. The molecule has 0 aliphatic heterocycles. The minimum absolute atomic E-state index is 0.500. The molecule has 21 heavy (non-hydrogen) atoms. The average Bonchev–Trinajstić information content (AvgIpc) is 3.16. The molecule has 1 N–H and O–H groups in total. The van der Waals surface area contributed by atoms with E-state index in [0.29, 0.717) is 24.3 Å². The second-order valence-corrected chi connectivity index (χ2v) is 5.94. The van der Waals surface area contributed by atoms with Gasteiger partial charge < -0.3 is 9.84 Å². The van der Waals surface area contributed by atoms with E-state index in [-0.39, 0.29) is 0 Å². The molecule has 1 saturated carbocycles. The molecule has 1 fully saturated rings. The summed E-state index contributed by atoms with van der Waals surface area (Å²) in [6, 6.07) is 4.42. The van der Waals surface area contributed by atoms with Crippen molar-refractivity contribution in [3.8, 4) is 11.5 Å². The van der Waals surface area contributed by atoms with Gasteiger partial charge in [-0.25, -0.2) is 0 Å². The van der Waals surface area contributed by atoms with Crippen LogP contribution in [-0.2, 0) is 6.54 Å². The summed E-state index contributed by atoms with van der Waals surface area (Å²) >= 11 is 0. The van der Waals surface area contributed by atoms with E-state index in [4.69, 9.17) is 4.52 Å². The van der Waals surface area contributed by atoms with Crippen LogP contribution in [0.1, 0.15) is 44.1 Å². The summed E-state index contributed by atoms with van der Waals surface area (Å²) < 4.78 is 5.31. The summed E-state index contributed by atoms with van der Waals surface area (Å²) in [6.07, 6.45) is 7.15. The van der Waals surface area contributed by atoms with Gasteiger partial charge in [-0.2, -0.15) is 4.98 Å². The maximum Gasteiger partial charge on any atom is 0.240 e. The predicted octanol–water partition coefficient (Wildman–Crippen LogP) is 3.11. The Morgan fingerprint density at radius 2 is 2.19 bits per heavy atom. The van der Waals surface area contributed by atoms with Gasteiger partial charge in [0.2, 0.25) is 11.7 Å². The first-order chi connectivity index (χ1) is 10.2. The quantitative estimate of drug-likeness (QED) is 0.915. The Morgan fingerprint density at radius 1 is 1.38 bits per heavy atom. The Kier molecular flexibility index (Phi) is 4.29. The van der Waals surface area contributed by atoms with Crippen LogP contribution in [0.2, 0.25) is 0 Å². The van der Waals surface area contributed by atoms with Gasteiger partial charge in [-0.3, -0.25) is 4.98 Å². The van der Waals surface area contributed by atoms with Gasteiger partial charge in [0.1, 0.15) is 5.69 Å². The lowest BCUT2D eigenvalue weighted by molar-refractivity contribution is 0.329. The van der Waals surface area contributed by atoms with Crippen molar-refractivity contribution in [1.29, 1.82) is 0 Å². The summed E-state index contributed by atoms with van der Waals surface area (Å²) in [7, 11) is 0. The highest BCUT2D eigenvalue weighted by atomic mass is 16.5. The third kappa shape index (κ3) is 3.47. The molecule has 2 aromatic rings. The monoisotopic (exact) mass is 286 g/mol. The molecule has 3 rings (SSSR count). The summed E-state index contributed by atoms with van der Waals surface area (Å²) in [6.45, 7) is 4.89. The van der Waals surface area contributed by atoms with Gasteiger partial charge in [0.25, 0.3) is 0 Å². The van der Waals surface area contributed by atoms with Gasteiger partial charge in [-0.05, 0) is 50.3 Å². The lowest BCUT2D eigenvalue weighted by Gasteiger charge is -2.19. The molecule has 5 heteroatoms. The molecule has 0 radical (unpaired) electrons. The number of aromatic nitrogens is 3. The highest BCUT2D eigenvalue weighted by Gasteiger charge is 2.21. The third-order valence-corrected chi connectivity index (χ3v) is 4.29. The van der Waals surface area contributed by atoms with Gasteiger partial charge in [0.15, 0.2) is 0 Å². The van der Waals surface area contributed by atoms with E-state index in [1.54, 1.807) is 6.20 Å². The second-order valence-electron chi connectivity index (χ2n) is 5.94. The minimum Gasteiger partial charge on any atom is -0.337 e. The van der Waals surface area contributed by atoms with E-state index >= 15 is 0 Å². The molecule has 0 unspecified atom stereocenters. The first kappa shape index (κ1) is 14.2. The number of rotatable bonds is 5. The number of aryl methyl sites for hydroxylation is 1.